The number of allylic oxidation sites excluding steroid dienone is 6. The van der Waals surface area contributed by atoms with Crippen molar-refractivity contribution in [2.75, 3.05) is 108 Å². The Kier molecular flexibility index (Phi) is 41.3. The van der Waals surface area contributed by atoms with Crippen molar-refractivity contribution in [1.82, 2.24) is 60.9 Å². The summed E-state index contributed by atoms with van der Waals surface area (Å²) >= 11 is 0. The second-order valence-electron chi connectivity index (χ2n) is 37.5. The quantitative estimate of drug-likeness (QED) is 0.0432. The van der Waals surface area contributed by atoms with E-state index in [0.29, 0.717) is 40.9 Å². The molecule has 4 aliphatic heterocycles. The maximum absolute atomic E-state index is 9.96. The number of ether oxygens (including phenoxy) is 4. The highest BCUT2D eigenvalue weighted by atomic mass is 16.5. The molecule has 4 N–H and O–H groups in total. The third-order valence-corrected chi connectivity index (χ3v) is 27.3. The molecule has 4 saturated heterocycles. The van der Waals surface area contributed by atoms with Gasteiger partial charge in [0.25, 0.3) is 0 Å². The summed E-state index contributed by atoms with van der Waals surface area (Å²) in [6.07, 6.45) is 41.8. The summed E-state index contributed by atoms with van der Waals surface area (Å²) in [4.78, 5) is 9.65. The van der Waals surface area contributed by atoms with Crippen molar-refractivity contribution >= 4 is 118 Å². The Balaban J connectivity index is 0.000000147. The molecule has 28 nitrogen and oxygen atoms in total. The molecule has 12 heterocycles. The van der Waals surface area contributed by atoms with Crippen LogP contribution in [0.1, 0.15) is 198 Å². The lowest BCUT2D eigenvalue weighted by Crippen LogP contribution is -2.30. The Morgan fingerprint density at radius 1 is 0.338 bits per heavy atom. The smallest absolute Gasteiger partial charge is 0.178 e. The summed E-state index contributed by atoms with van der Waals surface area (Å²) in [5.74, 6) is 7.55. The Hall–Kier alpha value is -14.1. The van der Waals surface area contributed by atoms with Gasteiger partial charge in [-0.1, -0.05) is 134 Å². The van der Waals surface area contributed by atoms with Gasteiger partial charge in [-0.05, 0) is 367 Å². The second-order valence-corrected chi connectivity index (χ2v) is 37.5. The van der Waals surface area contributed by atoms with Crippen molar-refractivity contribution in [3.8, 4) is 46.0 Å². The number of aromatic nitrogens is 8. The van der Waals surface area contributed by atoms with E-state index in [4.69, 9.17) is 60.2 Å². The minimum atomic E-state index is 0.202. The van der Waals surface area contributed by atoms with Crippen LogP contribution in [0.15, 0.2) is 201 Å². The number of methoxy groups -OCH3 is 3. The van der Waals surface area contributed by atoms with Gasteiger partial charge in [-0.2, -0.15) is 0 Å². The molecular weight excluding hydrogens is 1830 g/mol. The lowest BCUT2D eigenvalue weighted by atomic mass is 9.91. The number of benzene rings is 8. The lowest BCUT2D eigenvalue weighted by Gasteiger charge is -2.28. The molecule has 145 heavy (non-hydrogen) atoms. The average Bonchev–Trinajstić information content (AvgIpc) is 1.64. The zero-order valence-corrected chi connectivity index (χ0v) is 87.8. The number of piperidine rings is 4. The molecule has 16 aromatic rings. The Morgan fingerprint density at radius 3 is 1.01 bits per heavy atom. The summed E-state index contributed by atoms with van der Waals surface area (Å²) in [5, 5.41) is 78.6. The number of phenols is 4. The highest BCUT2D eigenvalue weighted by Crippen LogP contribution is 2.40. The van der Waals surface area contributed by atoms with Crippen LogP contribution in [0.3, 0.4) is 0 Å². The molecular formula is C117H146N12O16. The van der Waals surface area contributed by atoms with E-state index in [0.717, 1.165) is 211 Å². The standard InChI is InChI=1S/2C19H26N2O2.C18H24N2O2.C12H13NO2.3C11H11NO2.C8H7NO2.C8H17N/c2*1-4-5-16-18(22-3)9-7-15-17(20-23-19(15)16)8-6-14-10-12-21(2)13-11-14;1-3-4-15-17(21)8-6-14-16(19-22-18(14)15)7-5-13-9-11-20(2)12-10-13;1-4-5-10-11(14-3)7-6-9-8(2)13-15-12(9)10;1-3-6-13-9-4-5-10-8(2)12-14-11(10)7-9;2*1-3-4-9-10(13)6-5-8-7(2)12-14-11(8)9;1-5-7-3-2-6(10)4-8(7)11-9-5;1-3-8-4-6-9(2)7-5-8/h2*4-5,7,9,14H,6,8,10-13H2,1-3H3;3-4,6,8,13,21H,5,7,9-12H2,1-2H3;4-7H,1-3H3;3-5,7H,1,6H2,2H3;3-6,13H,1-2H3;3,5-6,13H,1,4H2,2H3;2-4,10H,1H3;8H,3-7H2,1-2H3. The summed E-state index contributed by atoms with van der Waals surface area (Å²) < 4.78 is 63.9. The van der Waals surface area contributed by atoms with Crippen LogP contribution in [0.25, 0.3) is 118 Å². The highest BCUT2D eigenvalue weighted by Gasteiger charge is 2.26. The molecule has 770 valence electrons. The van der Waals surface area contributed by atoms with E-state index in [1.807, 2.05) is 191 Å². The number of nitrogens with zero attached hydrogens (tertiary/aromatic N) is 12. The molecule has 0 radical (unpaired) electrons. The number of fused-ring (bicyclic) bond motifs is 8. The number of hydrogen-bond acceptors (Lipinski definition) is 28. The summed E-state index contributed by atoms with van der Waals surface area (Å²) in [5.41, 5.74) is 18.4. The minimum Gasteiger partial charge on any atom is -0.508 e. The van der Waals surface area contributed by atoms with Gasteiger partial charge in [0.15, 0.2) is 44.7 Å². The first-order chi connectivity index (χ1) is 70.3. The monoisotopic (exact) mass is 1980 g/mol. The lowest BCUT2D eigenvalue weighted by molar-refractivity contribution is 0.212. The molecule has 0 saturated carbocycles. The topological polar surface area (TPSA) is 339 Å². The number of aromatic hydroxyl groups is 4. The normalized spacial score (nSPS) is 14.9. The first-order valence-corrected chi connectivity index (χ1v) is 50.5. The average molecular weight is 1980 g/mol. The highest BCUT2D eigenvalue weighted by molar-refractivity contribution is 5.94. The fourth-order valence-electron chi connectivity index (χ4n) is 18.5. The van der Waals surface area contributed by atoms with Gasteiger partial charge in [-0.3, -0.25) is 0 Å². The van der Waals surface area contributed by atoms with Gasteiger partial charge in [-0.25, -0.2) is 0 Å². The molecule has 0 aliphatic carbocycles. The minimum absolute atomic E-state index is 0.202. The third-order valence-electron chi connectivity index (χ3n) is 27.3. The van der Waals surface area contributed by atoms with Gasteiger partial charge in [0, 0.05) is 60.8 Å². The van der Waals surface area contributed by atoms with Crippen LogP contribution >= 0.6 is 0 Å². The molecule has 0 spiro atoms. The molecule has 0 atom stereocenters. The predicted molar refractivity (Wildman–Crippen MR) is 581 cm³/mol. The molecule has 8 aromatic carbocycles. The van der Waals surface area contributed by atoms with Gasteiger partial charge >= 0.3 is 0 Å². The molecule has 20 rings (SSSR count). The van der Waals surface area contributed by atoms with Gasteiger partial charge in [-0.15, -0.1) is 6.58 Å². The molecule has 0 unspecified atom stereocenters. The fraction of sp³-hybridized carbons (Fsp3) is 0.402. The van der Waals surface area contributed by atoms with Crippen molar-refractivity contribution in [3.63, 3.8) is 0 Å². The molecule has 8 aromatic heterocycles. The van der Waals surface area contributed by atoms with Crippen molar-refractivity contribution in [2.24, 2.45) is 23.7 Å². The van der Waals surface area contributed by atoms with Crippen LogP contribution in [0, 0.1) is 58.3 Å². The van der Waals surface area contributed by atoms with E-state index in [9.17, 15) is 15.3 Å². The summed E-state index contributed by atoms with van der Waals surface area (Å²) in [6, 6.07) is 33.3. The number of likely N-dealkylation sites (tertiary alicyclic amines) is 4. The Labute approximate surface area is 850 Å². The number of aryl methyl sites for hydroxylation is 8. The van der Waals surface area contributed by atoms with Gasteiger partial charge < -0.3 is 95.2 Å². The first kappa shape index (κ1) is 110. The zero-order chi connectivity index (χ0) is 104. The van der Waals surface area contributed by atoms with Crippen LogP contribution in [0.5, 0.6) is 46.0 Å². The Bertz CT molecular complexity index is 6880. The largest absolute Gasteiger partial charge is 0.508 e. The molecule has 28 heteroatoms. The number of hydrogen-bond donors (Lipinski definition) is 4. The van der Waals surface area contributed by atoms with E-state index >= 15 is 0 Å². The van der Waals surface area contributed by atoms with Crippen molar-refractivity contribution in [1.29, 1.82) is 0 Å². The van der Waals surface area contributed by atoms with E-state index in [2.05, 4.69) is 121 Å². The first-order valence-electron chi connectivity index (χ1n) is 50.5. The summed E-state index contributed by atoms with van der Waals surface area (Å²) in [6.45, 7) is 39.1. The predicted octanol–water partition coefficient (Wildman–Crippen LogP) is 27.0. The summed E-state index contributed by atoms with van der Waals surface area (Å²) in [7, 11) is 13.8. The van der Waals surface area contributed by atoms with E-state index in [-0.39, 0.29) is 23.0 Å². The van der Waals surface area contributed by atoms with Crippen LogP contribution in [0.4, 0.5) is 0 Å². The number of rotatable bonds is 23. The molecule has 0 bridgehead atoms. The maximum Gasteiger partial charge on any atom is 0.178 e. The van der Waals surface area contributed by atoms with Crippen LogP contribution in [-0.2, 0) is 25.7 Å². The van der Waals surface area contributed by atoms with E-state index in [1.54, 1.807) is 69.9 Å². The van der Waals surface area contributed by atoms with Crippen LogP contribution in [-0.4, -0.2) is 190 Å². The van der Waals surface area contributed by atoms with E-state index in [1.165, 1.54) is 123 Å². The molecule has 0 amide bonds. The molecule has 4 fully saturated rings. The zero-order valence-electron chi connectivity index (χ0n) is 87.8. The third kappa shape index (κ3) is 29.0. The molecule has 4 aliphatic rings. The second kappa shape index (κ2) is 54.6. The maximum atomic E-state index is 9.96. The van der Waals surface area contributed by atoms with Crippen molar-refractivity contribution in [2.45, 2.75) is 179 Å². The van der Waals surface area contributed by atoms with Gasteiger partial charge in [0.1, 0.15) is 52.6 Å². The van der Waals surface area contributed by atoms with Crippen molar-refractivity contribution in [3.05, 3.63) is 244 Å². The SMILES string of the molecule is C=CCOc1ccc2c(C)noc2c1.C=CCc1c(O)ccc2c(C)noc12.CC=Cc1c(O)ccc2c(C)noc12.CC=Cc1c(O)ccc2c(CCC3CCN(C)CC3)noc12.CC=Cc1c(OC)ccc2c(C)noc12.CC=Cc1c(OC)ccc2c(CCC3CCN(C)CC3)noc12.CC=Cc1c(OC)ccc2c(CCC3CCN(C)CC3)noc12.CCC1CCN(C)CC1.Cc1noc2cc(O)ccc12. The van der Waals surface area contributed by atoms with E-state index < -0.39 is 0 Å². The van der Waals surface area contributed by atoms with Crippen LogP contribution in [0.2, 0.25) is 0 Å². The van der Waals surface area contributed by atoms with Crippen LogP contribution < -0.4 is 18.9 Å². The number of phenolic OH excluding ortho intramolecular Hbond substituents is 4. The van der Waals surface area contributed by atoms with Gasteiger partial charge in [0.05, 0.1) is 94.7 Å². The van der Waals surface area contributed by atoms with Gasteiger partial charge in [0.2, 0.25) is 0 Å². The van der Waals surface area contributed by atoms with Crippen molar-refractivity contribution < 1.29 is 75.6 Å². The Morgan fingerprint density at radius 2 is 0.634 bits per heavy atom. The fourth-order valence-corrected chi connectivity index (χ4v) is 18.5.